The van der Waals surface area contributed by atoms with E-state index in [0.717, 1.165) is 30.1 Å². The van der Waals surface area contributed by atoms with Gasteiger partial charge < -0.3 is 19.9 Å². The maximum atomic E-state index is 8.82. The minimum Gasteiger partial charge on any atom is -0.493 e. The second kappa shape index (κ2) is 9.40. The highest BCUT2D eigenvalue weighted by atomic mass is 35.5. The van der Waals surface area contributed by atoms with Gasteiger partial charge >= 0.3 is 0 Å². The van der Waals surface area contributed by atoms with Crippen LogP contribution in [0.5, 0.6) is 11.5 Å². The summed E-state index contributed by atoms with van der Waals surface area (Å²) in [5.74, 6) is 1.32. The molecule has 0 heterocycles. The number of methoxy groups -OCH3 is 1. The Kier molecular flexibility index (Phi) is 7.20. The van der Waals surface area contributed by atoms with E-state index in [2.05, 4.69) is 5.32 Å². The minimum atomic E-state index is -0.0167. The molecule has 0 saturated carbocycles. The molecule has 2 aromatic carbocycles. The summed E-state index contributed by atoms with van der Waals surface area (Å²) in [5.41, 5.74) is 2.38. The van der Waals surface area contributed by atoms with Gasteiger partial charge in [-0.2, -0.15) is 0 Å². The number of benzene rings is 2. The first kappa shape index (κ1) is 17.6. The van der Waals surface area contributed by atoms with Gasteiger partial charge in [0, 0.05) is 11.6 Å². The van der Waals surface area contributed by atoms with Crippen LogP contribution in [0.25, 0.3) is 0 Å². The lowest BCUT2D eigenvalue weighted by Crippen LogP contribution is -2.16. The van der Waals surface area contributed by atoms with Gasteiger partial charge in [0.25, 0.3) is 0 Å². The van der Waals surface area contributed by atoms with Gasteiger partial charge in [0.1, 0.15) is 6.61 Å². The number of halogens is 1. The van der Waals surface area contributed by atoms with Crippen molar-refractivity contribution in [2.24, 2.45) is 0 Å². The van der Waals surface area contributed by atoms with Crippen molar-refractivity contribution >= 4 is 11.6 Å². The zero-order valence-electron chi connectivity index (χ0n) is 13.2. The van der Waals surface area contributed by atoms with Crippen LogP contribution in [0.4, 0.5) is 0 Å². The Morgan fingerprint density at radius 1 is 1.04 bits per heavy atom. The molecular formula is C18H22ClNO3. The molecule has 5 heteroatoms. The minimum absolute atomic E-state index is 0.0167. The van der Waals surface area contributed by atoms with E-state index in [1.807, 2.05) is 42.5 Å². The third-order valence-electron chi connectivity index (χ3n) is 3.41. The Morgan fingerprint density at radius 3 is 2.48 bits per heavy atom. The molecular weight excluding hydrogens is 314 g/mol. The van der Waals surface area contributed by atoms with Crippen LogP contribution in [-0.4, -0.2) is 32.0 Å². The number of aliphatic hydroxyl groups excluding tert-OH is 1. The Bertz CT molecular complexity index is 602. The number of rotatable bonds is 9. The standard InChI is InChI=1S/C18H22ClNO3/c1-22-18-12-15(4-7-17(18)23-11-10-21)13-20-9-8-14-2-5-16(19)6-3-14/h2-7,12,20-21H,8-11,13H2,1H3. The monoisotopic (exact) mass is 335 g/mol. The highest BCUT2D eigenvalue weighted by Gasteiger charge is 2.05. The summed E-state index contributed by atoms with van der Waals surface area (Å²) >= 11 is 5.87. The summed E-state index contributed by atoms with van der Waals surface area (Å²) in [6, 6.07) is 13.7. The Hall–Kier alpha value is -1.75. The number of nitrogens with one attached hydrogen (secondary N) is 1. The van der Waals surface area contributed by atoms with Gasteiger partial charge in [0.05, 0.1) is 13.7 Å². The third-order valence-corrected chi connectivity index (χ3v) is 3.66. The number of aliphatic hydroxyl groups is 1. The molecule has 0 atom stereocenters. The van der Waals surface area contributed by atoms with E-state index in [9.17, 15) is 0 Å². The number of hydrogen-bond acceptors (Lipinski definition) is 4. The molecule has 0 saturated heterocycles. The van der Waals surface area contributed by atoms with Crippen LogP contribution in [-0.2, 0) is 13.0 Å². The second-order valence-corrected chi connectivity index (χ2v) is 5.55. The first-order valence-corrected chi connectivity index (χ1v) is 7.96. The molecule has 0 aliphatic rings. The largest absolute Gasteiger partial charge is 0.493 e. The normalized spacial score (nSPS) is 10.6. The molecule has 23 heavy (non-hydrogen) atoms. The van der Waals surface area contributed by atoms with Gasteiger partial charge in [-0.1, -0.05) is 29.8 Å². The van der Waals surface area contributed by atoms with Crippen molar-refractivity contribution in [2.75, 3.05) is 26.9 Å². The van der Waals surface area contributed by atoms with Crippen LogP contribution in [0.3, 0.4) is 0 Å². The van der Waals surface area contributed by atoms with E-state index in [0.29, 0.717) is 11.5 Å². The van der Waals surface area contributed by atoms with Gasteiger partial charge in [-0.15, -0.1) is 0 Å². The zero-order chi connectivity index (χ0) is 16.5. The molecule has 0 fully saturated rings. The summed E-state index contributed by atoms with van der Waals surface area (Å²) in [5, 5.41) is 13.0. The summed E-state index contributed by atoms with van der Waals surface area (Å²) < 4.78 is 10.7. The van der Waals surface area contributed by atoms with E-state index in [4.69, 9.17) is 26.2 Å². The molecule has 0 aromatic heterocycles. The van der Waals surface area contributed by atoms with Gasteiger partial charge in [0.15, 0.2) is 11.5 Å². The van der Waals surface area contributed by atoms with Crippen molar-refractivity contribution in [1.29, 1.82) is 0 Å². The first-order valence-electron chi connectivity index (χ1n) is 7.58. The maximum absolute atomic E-state index is 8.82. The van der Waals surface area contributed by atoms with E-state index < -0.39 is 0 Å². The molecule has 0 radical (unpaired) electrons. The number of hydrogen-bond donors (Lipinski definition) is 2. The smallest absolute Gasteiger partial charge is 0.161 e. The van der Waals surface area contributed by atoms with Gasteiger partial charge in [-0.25, -0.2) is 0 Å². The fourth-order valence-electron chi connectivity index (χ4n) is 2.21. The Morgan fingerprint density at radius 2 is 1.78 bits per heavy atom. The van der Waals surface area contributed by atoms with Crippen molar-refractivity contribution in [3.63, 3.8) is 0 Å². The van der Waals surface area contributed by atoms with Crippen LogP contribution < -0.4 is 14.8 Å². The fourth-order valence-corrected chi connectivity index (χ4v) is 2.34. The van der Waals surface area contributed by atoms with Crippen molar-refractivity contribution in [3.05, 3.63) is 58.6 Å². The molecule has 0 aliphatic carbocycles. The average molecular weight is 336 g/mol. The van der Waals surface area contributed by atoms with E-state index in [1.165, 1.54) is 5.56 Å². The lowest BCUT2D eigenvalue weighted by atomic mass is 10.1. The highest BCUT2D eigenvalue weighted by molar-refractivity contribution is 6.30. The summed E-state index contributed by atoms with van der Waals surface area (Å²) in [7, 11) is 1.61. The van der Waals surface area contributed by atoms with Crippen LogP contribution >= 0.6 is 11.6 Å². The van der Waals surface area contributed by atoms with Crippen molar-refractivity contribution < 1.29 is 14.6 Å². The van der Waals surface area contributed by atoms with Crippen molar-refractivity contribution in [2.45, 2.75) is 13.0 Å². The molecule has 0 spiro atoms. The summed E-state index contributed by atoms with van der Waals surface area (Å²) in [6.45, 7) is 1.88. The summed E-state index contributed by atoms with van der Waals surface area (Å²) in [4.78, 5) is 0. The molecule has 0 aliphatic heterocycles. The molecule has 0 bridgehead atoms. The first-order chi connectivity index (χ1) is 11.2. The molecule has 0 amide bonds. The van der Waals surface area contributed by atoms with Crippen LogP contribution in [0.1, 0.15) is 11.1 Å². The highest BCUT2D eigenvalue weighted by Crippen LogP contribution is 2.27. The fraction of sp³-hybridized carbons (Fsp3) is 0.333. The molecule has 4 nitrogen and oxygen atoms in total. The number of ether oxygens (including phenoxy) is 2. The van der Waals surface area contributed by atoms with Gasteiger partial charge in [0.2, 0.25) is 0 Å². The van der Waals surface area contributed by atoms with Crippen LogP contribution in [0, 0.1) is 0 Å². The summed E-state index contributed by atoms with van der Waals surface area (Å²) in [6.07, 6.45) is 0.950. The Labute approximate surface area is 142 Å². The SMILES string of the molecule is COc1cc(CNCCc2ccc(Cl)cc2)ccc1OCCO. The topological polar surface area (TPSA) is 50.7 Å². The molecule has 2 aromatic rings. The van der Waals surface area contributed by atoms with Gasteiger partial charge in [-0.3, -0.25) is 0 Å². The quantitative estimate of drug-likeness (QED) is 0.692. The predicted octanol–water partition coefficient (Wildman–Crippen LogP) is 3.05. The lowest BCUT2D eigenvalue weighted by Gasteiger charge is -2.12. The van der Waals surface area contributed by atoms with Crippen LogP contribution in [0.15, 0.2) is 42.5 Å². The molecule has 124 valence electrons. The predicted molar refractivity (Wildman–Crippen MR) is 92.4 cm³/mol. The van der Waals surface area contributed by atoms with Gasteiger partial charge in [-0.05, 0) is 48.4 Å². The van der Waals surface area contributed by atoms with Crippen LogP contribution in [0.2, 0.25) is 5.02 Å². The lowest BCUT2D eigenvalue weighted by molar-refractivity contribution is 0.196. The van der Waals surface area contributed by atoms with Crippen molar-refractivity contribution in [1.82, 2.24) is 5.32 Å². The zero-order valence-corrected chi connectivity index (χ0v) is 14.0. The molecule has 2 N–H and O–H groups in total. The average Bonchev–Trinajstić information content (AvgIpc) is 2.58. The van der Waals surface area contributed by atoms with E-state index >= 15 is 0 Å². The molecule has 0 unspecified atom stereocenters. The maximum Gasteiger partial charge on any atom is 0.161 e. The van der Waals surface area contributed by atoms with E-state index in [1.54, 1.807) is 7.11 Å². The van der Waals surface area contributed by atoms with E-state index in [-0.39, 0.29) is 13.2 Å². The third kappa shape index (κ3) is 5.75. The second-order valence-electron chi connectivity index (χ2n) is 5.11. The Balaban J connectivity index is 1.82. The van der Waals surface area contributed by atoms with Crippen molar-refractivity contribution in [3.8, 4) is 11.5 Å². The molecule has 2 rings (SSSR count).